The summed E-state index contributed by atoms with van der Waals surface area (Å²) in [5, 5.41) is 3.15. The summed E-state index contributed by atoms with van der Waals surface area (Å²) >= 11 is 0. The molecule has 1 heterocycles. The van der Waals surface area contributed by atoms with E-state index in [0.717, 1.165) is 42.4 Å². The summed E-state index contributed by atoms with van der Waals surface area (Å²) in [5.41, 5.74) is 1.97. The largest absolute Gasteiger partial charge is 0.491 e. The van der Waals surface area contributed by atoms with Crippen molar-refractivity contribution >= 4 is 0 Å². The van der Waals surface area contributed by atoms with Gasteiger partial charge < -0.3 is 14.5 Å². The molecule has 1 N–H and O–H groups in total. The normalized spacial score (nSPS) is 11.4. The summed E-state index contributed by atoms with van der Waals surface area (Å²) in [5.74, 6) is 1.69. The maximum atomic E-state index is 5.66. The fraction of sp³-hybridized carbons (Fsp3) is 0.471. The number of hydrogen-bond donors (Lipinski definition) is 1. The third kappa shape index (κ3) is 4.58. The van der Waals surface area contributed by atoms with E-state index in [2.05, 4.69) is 22.2 Å². The number of aromatic nitrogens is 1. The molecule has 0 aliphatic rings. The zero-order valence-electron chi connectivity index (χ0n) is 13.8. The quantitative estimate of drug-likeness (QED) is 0.812. The van der Waals surface area contributed by atoms with E-state index in [1.807, 2.05) is 45.2 Å². The van der Waals surface area contributed by atoms with Crippen molar-refractivity contribution in [2.24, 2.45) is 0 Å². The Bertz CT molecular complexity index is 564. The molecule has 0 amide bonds. The molecule has 5 heteroatoms. The second kappa shape index (κ2) is 7.96. The summed E-state index contributed by atoms with van der Waals surface area (Å²) in [6, 6.07) is 7.95. The third-order valence-corrected chi connectivity index (χ3v) is 3.29. The Morgan fingerprint density at radius 2 is 2.00 bits per heavy atom. The first kappa shape index (κ1) is 16.5. The second-order valence-corrected chi connectivity index (χ2v) is 5.66. The molecule has 5 nitrogen and oxygen atoms in total. The van der Waals surface area contributed by atoms with Crippen LogP contribution in [0.4, 0.5) is 0 Å². The molecule has 0 aliphatic heterocycles. The topological polar surface area (TPSA) is 50.5 Å². The molecule has 0 atom stereocenters. The van der Waals surface area contributed by atoms with Gasteiger partial charge in [0.15, 0.2) is 12.2 Å². The molecule has 22 heavy (non-hydrogen) atoms. The molecule has 0 saturated carbocycles. The van der Waals surface area contributed by atoms with Crippen LogP contribution in [0, 0.1) is 0 Å². The van der Waals surface area contributed by atoms with Crippen molar-refractivity contribution in [2.45, 2.75) is 26.5 Å². The number of rotatable bonds is 8. The van der Waals surface area contributed by atoms with E-state index >= 15 is 0 Å². The molecule has 1 aromatic carbocycles. The number of benzene rings is 1. The summed E-state index contributed by atoms with van der Waals surface area (Å²) < 4.78 is 11.2. The summed E-state index contributed by atoms with van der Waals surface area (Å²) in [6.45, 7) is 6.71. The summed E-state index contributed by atoms with van der Waals surface area (Å²) in [7, 11) is 4.03. The molecule has 0 saturated heterocycles. The first-order valence-electron chi connectivity index (χ1n) is 7.62. The van der Waals surface area contributed by atoms with Crippen LogP contribution in [0.2, 0.25) is 0 Å². The van der Waals surface area contributed by atoms with Crippen molar-refractivity contribution in [3.63, 3.8) is 0 Å². The van der Waals surface area contributed by atoms with Gasteiger partial charge in [0, 0.05) is 25.2 Å². The van der Waals surface area contributed by atoms with Crippen LogP contribution in [0.1, 0.15) is 19.5 Å². The highest BCUT2D eigenvalue weighted by Gasteiger charge is 2.13. The predicted octanol–water partition coefficient (Wildman–Crippen LogP) is 2.78. The van der Waals surface area contributed by atoms with Crippen LogP contribution in [0.3, 0.4) is 0 Å². The van der Waals surface area contributed by atoms with Gasteiger partial charge in [-0.3, -0.25) is 4.90 Å². The molecule has 0 unspecified atom stereocenters. The fourth-order valence-corrected chi connectivity index (χ4v) is 2.21. The van der Waals surface area contributed by atoms with E-state index < -0.39 is 0 Å². The van der Waals surface area contributed by atoms with Gasteiger partial charge in [0.1, 0.15) is 11.4 Å². The van der Waals surface area contributed by atoms with E-state index in [9.17, 15) is 0 Å². The molecule has 2 rings (SSSR count). The fourth-order valence-electron chi connectivity index (χ4n) is 2.21. The highest BCUT2D eigenvalue weighted by atomic mass is 16.5. The van der Waals surface area contributed by atoms with Crippen LogP contribution < -0.4 is 10.1 Å². The highest BCUT2D eigenvalue weighted by molar-refractivity contribution is 5.60. The van der Waals surface area contributed by atoms with Crippen molar-refractivity contribution in [1.29, 1.82) is 0 Å². The Hall–Kier alpha value is -1.85. The van der Waals surface area contributed by atoms with Crippen molar-refractivity contribution < 1.29 is 9.15 Å². The number of oxazole rings is 1. The highest BCUT2D eigenvalue weighted by Crippen LogP contribution is 2.26. The van der Waals surface area contributed by atoms with Gasteiger partial charge in [-0.05, 0) is 52.2 Å². The maximum absolute atomic E-state index is 5.66. The third-order valence-electron chi connectivity index (χ3n) is 3.29. The van der Waals surface area contributed by atoms with E-state index in [4.69, 9.17) is 9.15 Å². The average Bonchev–Trinajstić information content (AvgIpc) is 2.93. The van der Waals surface area contributed by atoms with Gasteiger partial charge in [0.05, 0.1) is 6.10 Å². The van der Waals surface area contributed by atoms with Crippen molar-refractivity contribution in [1.82, 2.24) is 15.2 Å². The zero-order chi connectivity index (χ0) is 15.9. The first-order valence-corrected chi connectivity index (χ1v) is 7.62. The Morgan fingerprint density at radius 3 is 2.64 bits per heavy atom. The van der Waals surface area contributed by atoms with E-state index in [1.165, 1.54) is 6.39 Å². The molecular weight excluding hydrogens is 278 g/mol. The molecule has 0 aliphatic carbocycles. The molecule has 0 spiro atoms. The van der Waals surface area contributed by atoms with Gasteiger partial charge in [0.25, 0.3) is 0 Å². The van der Waals surface area contributed by atoms with Crippen LogP contribution in [0.15, 0.2) is 35.1 Å². The van der Waals surface area contributed by atoms with Crippen LogP contribution in [0.5, 0.6) is 5.75 Å². The summed E-state index contributed by atoms with van der Waals surface area (Å²) in [6.07, 6.45) is 1.68. The van der Waals surface area contributed by atoms with E-state index in [1.54, 1.807) is 0 Å². The minimum absolute atomic E-state index is 0.174. The monoisotopic (exact) mass is 303 g/mol. The Morgan fingerprint density at radius 1 is 1.27 bits per heavy atom. The van der Waals surface area contributed by atoms with Gasteiger partial charge >= 0.3 is 0 Å². The predicted molar refractivity (Wildman–Crippen MR) is 88.0 cm³/mol. The Balaban J connectivity index is 2.08. The van der Waals surface area contributed by atoms with Crippen LogP contribution in [-0.4, -0.2) is 43.2 Å². The molecule has 0 fully saturated rings. The molecular formula is C17H25N3O2. The molecule has 0 radical (unpaired) electrons. The van der Waals surface area contributed by atoms with E-state index in [0.29, 0.717) is 0 Å². The lowest BCUT2D eigenvalue weighted by Crippen LogP contribution is -2.27. The molecule has 0 bridgehead atoms. The number of nitrogens with one attached hydrogen (secondary N) is 1. The average molecular weight is 303 g/mol. The Labute approximate surface area is 132 Å². The van der Waals surface area contributed by atoms with Gasteiger partial charge in [0.2, 0.25) is 0 Å². The minimum Gasteiger partial charge on any atom is -0.491 e. The SMILES string of the molecule is CNCCN(C)Cc1ncoc1-c1ccc(OC(C)C)cc1. The second-order valence-electron chi connectivity index (χ2n) is 5.66. The van der Waals surface area contributed by atoms with Gasteiger partial charge in [-0.2, -0.15) is 0 Å². The zero-order valence-corrected chi connectivity index (χ0v) is 13.8. The van der Waals surface area contributed by atoms with Crippen molar-refractivity contribution in [2.75, 3.05) is 27.2 Å². The minimum atomic E-state index is 0.174. The van der Waals surface area contributed by atoms with Crippen molar-refractivity contribution in [3.8, 4) is 17.1 Å². The van der Waals surface area contributed by atoms with Crippen LogP contribution in [-0.2, 0) is 6.54 Å². The number of ether oxygens (including phenoxy) is 1. The molecule has 2 aromatic rings. The van der Waals surface area contributed by atoms with E-state index in [-0.39, 0.29) is 6.10 Å². The lowest BCUT2D eigenvalue weighted by Gasteiger charge is -2.15. The summed E-state index contributed by atoms with van der Waals surface area (Å²) in [4.78, 5) is 6.57. The molecule has 120 valence electrons. The number of hydrogen-bond acceptors (Lipinski definition) is 5. The standard InChI is InChI=1S/C17H25N3O2/c1-13(2)22-15-7-5-14(6-8-15)17-16(19-12-21-17)11-20(4)10-9-18-3/h5-8,12-13,18H,9-11H2,1-4H3. The first-order chi connectivity index (χ1) is 10.6. The van der Waals surface area contributed by atoms with Crippen LogP contribution in [0.25, 0.3) is 11.3 Å². The maximum Gasteiger partial charge on any atom is 0.181 e. The van der Waals surface area contributed by atoms with Gasteiger partial charge in [-0.15, -0.1) is 0 Å². The van der Waals surface area contributed by atoms with Crippen LogP contribution >= 0.6 is 0 Å². The lowest BCUT2D eigenvalue weighted by molar-refractivity contribution is 0.242. The Kier molecular flexibility index (Phi) is 5.98. The van der Waals surface area contributed by atoms with Gasteiger partial charge in [-0.1, -0.05) is 0 Å². The number of likely N-dealkylation sites (N-methyl/N-ethyl adjacent to an activating group) is 2. The lowest BCUT2D eigenvalue weighted by atomic mass is 10.1. The number of nitrogens with zero attached hydrogens (tertiary/aromatic N) is 2. The smallest absolute Gasteiger partial charge is 0.181 e. The van der Waals surface area contributed by atoms with Crippen molar-refractivity contribution in [3.05, 3.63) is 36.4 Å². The van der Waals surface area contributed by atoms with Gasteiger partial charge in [-0.25, -0.2) is 4.98 Å². The molecule has 1 aromatic heterocycles.